The van der Waals surface area contributed by atoms with Crippen LogP contribution in [0.5, 0.6) is 0 Å². The summed E-state index contributed by atoms with van der Waals surface area (Å²) in [7, 11) is 0. The highest BCUT2D eigenvalue weighted by atomic mass is 19.1. The normalized spacial score (nSPS) is 12.1. The van der Waals surface area contributed by atoms with Gasteiger partial charge in [-0.15, -0.1) is 0 Å². The maximum atomic E-state index is 14.6. The van der Waals surface area contributed by atoms with E-state index in [1.54, 1.807) is 48.8 Å². The number of benzene rings is 2. The van der Waals surface area contributed by atoms with E-state index in [4.69, 9.17) is 0 Å². The van der Waals surface area contributed by atoms with Gasteiger partial charge in [-0.25, -0.2) is 4.39 Å². The molecule has 3 rings (SSSR count). The summed E-state index contributed by atoms with van der Waals surface area (Å²) in [6.45, 7) is 5.56. The molecule has 2 aromatic carbocycles. The van der Waals surface area contributed by atoms with Crippen molar-refractivity contribution in [2.24, 2.45) is 0 Å². The number of halogens is 1. The van der Waals surface area contributed by atoms with Crippen LogP contribution < -0.4 is 5.32 Å². The first-order valence-electron chi connectivity index (χ1n) is 9.15. The van der Waals surface area contributed by atoms with Crippen LogP contribution in [0, 0.1) is 12.7 Å². The summed E-state index contributed by atoms with van der Waals surface area (Å²) >= 11 is 0. The van der Waals surface area contributed by atoms with Crippen LogP contribution in [0.3, 0.4) is 0 Å². The summed E-state index contributed by atoms with van der Waals surface area (Å²) < 4.78 is 14.6. The smallest absolute Gasteiger partial charge is 0.251 e. The van der Waals surface area contributed by atoms with Crippen LogP contribution in [0.25, 0.3) is 11.1 Å². The van der Waals surface area contributed by atoms with Gasteiger partial charge in [-0.2, -0.15) is 0 Å². The molecule has 0 fully saturated rings. The fraction of sp³-hybridized carbons (Fsp3) is 0.217. The number of pyridine rings is 1. The largest absolute Gasteiger partial charge is 0.384 e. The average Bonchev–Trinajstić information content (AvgIpc) is 2.67. The SMILES string of the molecule is Cc1ccc(-c2cc(C(=O)NC(C)C)cc(C(O)c3ccncc3)c2)c(F)c1. The van der Waals surface area contributed by atoms with Crippen molar-refractivity contribution in [2.75, 3.05) is 0 Å². The summed E-state index contributed by atoms with van der Waals surface area (Å²) in [5.41, 5.74) is 3.26. The fourth-order valence-corrected chi connectivity index (χ4v) is 3.03. The maximum Gasteiger partial charge on any atom is 0.251 e. The van der Waals surface area contributed by atoms with E-state index in [0.29, 0.717) is 27.8 Å². The number of aromatic nitrogens is 1. The lowest BCUT2D eigenvalue weighted by Gasteiger charge is -2.16. The van der Waals surface area contributed by atoms with Crippen molar-refractivity contribution >= 4 is 5.91 Å². The molecule has 1 heterocycles. The van der Waals surface area contributed by atoms with Gasteiger partial charge in [-0.1, -0.05) is 12.1 Å². The van der Waals surface area contributed by atoms with Crippen LogP contribution in [0.15, 0.2) is 60.9 Å². The zero-order valence-electron chi connectivity index (χ0n) is 16.1. The molecule has 0 aliphatic carbocycles. The second kappa shape index (κ2) is 8.31. The summed E-state index contributed by atoms with van der Waals surface area (Å²) in [6, 6.07) is 13.3. The van der Waals surface area contributed by atoms with Crippen LogP contribution in [0.2, 0.25) is 0 Å². The van der Waals surface area contributed by atoms with E-state index in [2.05, 4.69) is 10.3 Å². The van der Waals surface area contributed by atoms with Crippen LogP contribution in [-0.2, 0) is 0 Å². The molecule has 1 unspecified atom stereocenters. The van der Waals surface area contributed by atoms with Gasteiger partial charge in [-0.05, 0) is 79.4 Å². The Morgan fingerprint density at radius 2 is 1.75 bits per heavy atom. The highest BCUT2D eigenvalue weighted by Crippen LogP contribution is 2.30. The molecule has 0 radical (unpaired) electrons. The second-order valence-electron chi connectivity index (χ2n) is 7.14. The number of aryl methyl sites for hydroxylation is 1. The third-order valence-corrected chi connectivity index (χ3v) is 4.41. The minimum absolute atomic E-state index is 0.0409. The highest BCUT2D eigenvalue weighted by Gasteiger charge is 2.17. The summed E-state index contributed by atoms with van der Waals surface area (Å²) in [4.78, 5) is 16.6. The summed E-state index contributed by atoms with van der Waals surface area (Å²) in [5.74, 6) is -0.640. The molecule has 3 aromatic rings. The van der Waals surface area contributed by atoms with Gasteiger partial charge in [0.15, 0.2) is 0 Å². The van der Waals surface area contributed by atoms with E-state index in [1.807, 2.05) is 26.8 Å². The van der Waals surface area contributed by atoms with Crippen molar-refractivity contribution in [2.45, 2.75) is 32.9 Å². The predicted molar refractivity (Wildman–Crippen MR) is 107 cm³/mol. The number of rotatable bonds is 5. The van der Waals surface area contributed by atoms with Gasteiger partial charge in [0.05, 0.1) is 0 Å². The molecule has 0 saturated heterocycles. The zero-order valence-corrected chi connectivity index (χ0v) is 16.1. The van der Waals surface area contributed by atoms with Gasteiger partial charge in [0.25, 0.3) is 5.91 Å². The first-order chi connectivity index (χ1) is 13.3. The third-order valence-electron chi connectivity index (χ3n) is 4.41. The Kier molecular flexibility index (Phi) is 5.85. The molecular weight excluding hydrogens is 355 g/mol. The Morgan fingerprint density at radius 1 is 1.04 bits per heavy atom. The van der Waals surface area contributed by atoms with Crippen LogP contribution in [0.1, 0.15) is 47.0 Å². The number of aliphatic hydroxyl groups excluding tert-OH is 1. The Balaban J connectivity index is 2.12. The lowest BCUT2D eigenvalue weighted by Crippen LogP contribution is -2.30. The van der Waals surface area contributed by atoms with Crippen LogP contribution in [-0.4, -0.2) is 22.0 Å². The molecule has 0 bridgehead atoms. The van der Waals surface area contributed by atoms with Crippen LogP contribution >= 0.6 is 0 Å². The second-order valence-corrected chi connectivity index (χ2v) is 7.14. The summed E-state index contributed by atoms with van der Waals surface area (Å²) in [6.07, 6.45) is 2.23. The van der Waals surface area contributed by atoms with Crippen molar-refractivity contribution in [3.05, 3.63) is 89.0 Å². The molecule has 0 aliphatic rings. The Labute approximate surface area is 164 Å². The van der Waals surface area contributed by atoms with Gasteiger partial charge in [0.2, 0.25) is 0 Å². The van der Waals surface area contributed by atoms with Gasteiger partial charge < -0.3 is 10.4 Å². The molecule has 1 aromatic heterocycles. The molecule has 5 heteroatoms. The summed E-state index contributed by atoms with van der Waals surface area (Å²) in [5, 5.41) is 13.7. The first-order valence-corrected chi connectivity index (χ1v) is 9.15. The number of nitrogens with zero attached hydrogens (tertiary/aromatic N) is 1. The van der Waals surface area contributed by atoms with E-state index in [9.17, 15) is 14.3 Å². The number of aliphatic hydroxyl groups is 1. The molecule has 0 spiro atoms. The molecule has 0 saturated carbocycles. The van der Waals surface area contributed by atoms with E-state index < -0.39 is 6.10 Å². The molecule has 0 aliphatic heterocycles. The predicted octanol–water partition coefficient (Wildman–Crippen LogP) is 4.42. The Hall–Kier alpha value is -3.05. The Morgan fingerprint density at radius 3 is 2.39 bits per heavy atom. The van der Waals surface area contributed by atoms with E-state index in [-0.39, 0.29) is 17.8 Å². The quantitative estimate of drug-likeness (QED) is 0.691. The van der Waals surface area contributed by atoms with E-state index >= 15 is 0 Å². The highest BCUT2D eigenvalue weighted by molar-refractivity contribution is 5.96. The monoisotopic (exact) mass is 378 g/mol. The standard InChI is InChI=1S/C23H23FN2O2/c1-14(2)26-23(28)19-12-17(20-5-4-15(3)10-21(20)24)11-18(13-19)22(27)16-6-8-25-9-7-16/h4-14,22,27H,1-3H3,(H,26,28). The minimum Gasteiger partial charge on any atom is -0.384 e. The fourth-order valence-electron chi connectivity index (χ4n) is 3.03. The zero-order chi connectivity index (χ0) is 20.3. The lowest BCUT2D eigenvalue weighted by atomic mass is 9.94. The number of carbonyl (C=O) groups excluding carboxylic acids is 1. The Bertz CT molecular complexity index is 987. The number of hydrogen-bond donors (Lipinski definition) is 2. The molecular formula is C23H23FN2O2. The van der Waals surface area contributed by atoms with Gasteiger partial charge >= 0.3 is 0 Å². The van der Waals surface area contributed by atoms with Crippen molar-refractivity contribution in [3.8, 4) is 11.1 Å². The van der Waals surface area contributed by atoms with Gasteiger partial charge in [0.1, 0.15) is 11.9 Å². The molecule has 144 valence electrons. The number of amides is 1. The number of hydrogen-bond acceptors (Lipinski definition) is 3. The van der Waals surface area contributed by atoms with Crippen molar-refractivity contribution < 1.29 is 14.3 Å². The van der Waals surface area contributed by atoms with Gasteiger partial charge in [-0.3, -0.25) is 9.78 Å². The van der Waals surface area contributed by atoms with Gasteiger partial charge in [0, 0.05) is 29.6 Å². The third kappa shape index (κ3) is 4.43. The molecule has 1 amide bonds. The van der Waals surface area contributed by atoms with Crippen molar-refractivity contribution in [1.29, 1.82) is 0 Å². The maximum absolute atomic E-state index is 14.6. The van der Waals surface area contributed by atoms with E-state index in [0.717, 1.165) is 5.56 Å². The first kappa shape index (κ1) is 19.7. The van der Waals surface area contributed by atoms with Crippen molar-refractivity contribution in [1.82, 2.24) is 10.3 Å². The lowest BCUT2D eigenvalue weighted by molar-refractivity contribution is 0.0943. The van der Waals surface area contributed by atoms with E-state index in [1.165, 1.54) is 6.07 Å². The van der Waals surface area contributed by atoms with Crippen LogP contribution in [0.4, 0.5) is 4.39 Å². The topological polar surface area (TPSA) is 62.2 Å². The van der Waals surface area contributed by atoms with Crippen molar-refractivity contribution in [3.63, 3.8) is 0 Å². The number of carbonyl (C=O) groups is 1. The molecule has 1 atom stereocenters. The molecule has 4 nitrogen and oxygen atoms in total. The average molecular weight is 378 g/mol. The number of nitrogens with one attached hydrogen (secondary N) is 1. The minimum atomic E-state index is -0.956. The molecule has 2 N–H and O–H groups in total. The molecule has 28 heavy (non-hydrogen) atoms.